The van der Waals surface area contributed by atoms with Gasteiger partial charge in [-0.25, -0.2) is 4.79 Å². The van der Waals surface area contributed by atoms with Crippen LogP contribution in [0.1, 0.15) is 56.1 Å². The van der Waals surface area contributed by atoms with E-state index >= 15 is 0 Å². The highest BCUT2D eigenvalue weighted by Crippen LogP contribution is 2.24. The van der Waals surface area contributed by atoms with Crippen molar-refractivity contribution in [2.45, 2.75) is 31.7 Å². The zero-order valence-corrected chi connectivity index (χ0v) is 17.2. The molecule has 3 amide bonds. The van der Waals surface area contributed by atoms with Crippen molar-refractivity contribution in [3.8, 4) is 0 Å². The molecule has 156 valence electrons. The lowest BCUT2D eigenvalue weighted by Gasteiger charge is -2.22. The third kappa shape index (κ3) is 3.87. The molecule has 4 rings (SSSR count). The molecule has 0 N–H and O–H groups in total. The molecule has 2 aromatic rings. The van der Waals surface area contributed by atoms with E-state index in [2.05, 4.69) is 0 Å². The number of nitrogens with zero attached hydrogens (tertiary/aromatic N) is 2. The van der Waals surface area contributed by atoms with E-state index in [0.717, 1.165) is 6.42 Å². The number of thiophene rings is 1. The number of unbranched alkanes of at least 4 members (excludes halogenated alkanes) is 1. The van der Waals surface area contributed by atoms with Gasteiger partial charge in [0.2, 0.25) is 0 Å². The Kier molecular flexibility index (Phi) is 5.94. The Labute approximate surface area is 178 Å². The van der Waals surface area contributed by atoms with Crippen molar-refractivity contribution >= 4 is 35.0 Å². The number of hydrogen-bond acceptors (Lipinski definition) is 6. The number of fused-ring (bicyclic) bond motifs is 1. The normalized spacial score (nSPS) is 18.1. The SMILES string of the molecule is O=C(OCCCCN1C(=O)c2ccccc2C1=O)[C@@H]1CCCN1C(=O)c1cccs1. The van der Waals surface area contributed by atoms with Gasteiger partial charge in [-0.3, -0.25) is 19.3 Å². The van der Waals surface area contributed by atoms with Crippen LogP contribution in [0.25, 0.3) is 0 Å². The summed E-state index contributed by atoms with van der Waals surface area (Å²) in [5, 5.41) is 1.84. The Morgan fingerprint density at radius 2 is 1.77 bits per heavy atom. The molecule has 2 aliphatic rings. The average Bonchev–Trinajstić information content (AvgIpc) is 3.50. The second-order valence-electron chi connectivity index (χ2n) is 7.32. The third-order valence-corrected chi connectivity index (χ3v) is 6.27. The first kappa shape index (κ1) is 20.3. The molecule has 1 aromatic heterocycles. The molecule has 0 aliphatic carbocycles. The van der Waals surface area contributed by atoms with Gasteiger partial charge in [-0.2, -0.15) is 0 Å². The van der Waals surface area contributed by atoms with Gasteiger partial charge in [0, 0.05) is 13.1 Å². The molecule has 2 aliphatic heterocycles. The number of imide groups is 1. The van der Waals surface area contributed by atoms with Gasteiger partial charge < -0.3 is 9.64 Å². The van der Waals surface area contributed by atoms with Crippen LogP contribution in [0.4, 0.5) is 0 Å². The van der Waals surface area contributed by atoms with E-state index in [1.807, 2.05) is 11.4 Å². The van der Waals surface area contributed by atoms with Crippen molar-refractivity contribution in [1.82, 2.24) is 9.80 Å². The van der Waals surface area contributed by atoms with Gasteiger partial charge >= 0.3 is 5.97 Å². The molecule has 30 heavy (non-hydrogen) atoms. The van der Waals surface area contributed by atoms with Gasteiger partial charge in [0.1, 0.15) is 6.04 Å². The zero-order valence-electron chi connectivity index (χ0n) is 16.4. The zero-order chi connectivity index (χ0) is 21.1. The number of amides is 3. The molecule has 7 nitrogen and oxygen atoms in total. The van der Waals surface area contributed by atoms with E-state index in [-0.39, 0.29) is 30.9 Å². The van der Waals surface area contributed by atoms with Crippen LogP contribution in [0.15, 0.2) is 41.8 Å². The second-order valence-corrected chi connectivity index (χ2v) is 8.26. The summed E-state index contributed by atoms with van der Waals surface area (Å²) in [6.45, 7) is 1.03. The fourth-order valence-corrected chi connectivity index (χ4v) is 4.56. The molecule has 0 spiro atoms. The molecule has 1 aromatic carbocycles. The fraction of sp³-hybridized carbons (Fsp3) is 0.364. The first-order valence-corrected chi connectivity index (χ1v) is 10.9. The van der Waals surface area contributed by atoms with Crippen LogP contribution in [0, 0.1) is 0 Å². The smallest absolute Gasteiger partial charge is 0.328 e. The van der Waals surface area contributed by atoms with Gasteiger partial charge in [0.15, 0.2) is 0 Å². The number of rotatable bonds is 7. The number of carbonyl (C=O) groups excluding carboxylic acids is 4. The summed E-state index contributed by atoms with van der Waals surface area (Å²) < 4.78 is 5.39. The topological polar surface area (TPSA) is 84.0 Å². The number of carbonyl (C=O) groups is 4. The summed E-state index contributed by atoms with van der Waals surface area (Å²) in [5.74, 6) is -1.07. The summed E-state index contributed by atoms with van der Waals surface area (Å²) in [6, 6.07) is 9.81. The Balaban J connectivity index is 1.22. The Morgan fingerprint density at radius 3 is 2.43 bits per heavy atom. The molecule has 0 unspecified atom stereocenters. The van der Waals surface area contributed by atoms with Gasteiger partial charge in [-0.1, -0.05) is 18.2 Å². The molecule has 0 saturated carbocycles. The van der Waals surface area contributed by atoms with Crippen molar-refractivity contribution < 1.29 is 23.9 Å². The number of likely N-dealkylation sites (tertiary alicyclic amines) is 1. The van der Waals surface area contributed by atoms with Crippen LogP contribution in [0.2, 0.25) is 0 Å². The van der Waals surface area contributed by atoms with Crippen molar-refractivity contribution in [3.63, 3.8) is 0 Å². The lowest BCUT2D eigenvalue weighted by atomic mass is 10.1. The molecular formula is C22H22N2O5S. The summed E-state index contributed by atoms with van der Waals surface area (Å²) in [4.78, 5) is 53.2. The number of ether oxygens (including phenoxy) is 1. The highest BCUT2D eigenvalue weighted by molar-refractivity contribution is 7.12. The fourth-order valence-electron chi connectivity index (χ4n) is 3.88. The molecule has 0 bridgehead atoms. The van der Waals surface area contributed by atoms with Crippen LogP contribution in [-0.4, -0.2) is 59.2 Å². The van der Waals surface area contributed by atoms with Crippen molar-refractivity contribution in [2.75, 3.05) is 19.7 Å². The van der Waals surface area contributed by atoms with E-state index < -0.39 is 12.0 Å². The minimum atomic E-state index is -0.546. The van der Waals surface area contributed by atoms with Gasteiger partial charge in [-0.05, 0) is 49.3 Å². The van der Waals surface area contributed by atoms with Crippen LogP contribution in [0.5, 0.6) is 0 Å². The predicted molar refractivity (Wildman–Crippen MR) is 110 cm³/mol. The first-order valence-electron chi connectivity index (χ1n) is 10.0. The highest BCUT2D eigenvalue weighted by Gasteiger charge is 2.36. The summed E-state index contributed by atoms with van der Waals surface area (Å²) >= 11 is 1.36. The average molecular weight is 426 g/mol. The standard InChI is InChI=1S/C22H22N2O5S/c25-19-15-7-1-2-8-16(15)20(26)24(19)11-3-4-13-29-22(28)17-9-5-12-23(17)21(27)18-10-6-14-30-18/h1-2,6-8,10,14,17H,3-5,9,11-13H2/t17-/m0/s1. The maximum atomic E-state index is 12.6. The summed E-state index contributed by atoms with van der Waals surface area (Å²) in [5.41, 5.74) is 0.872. The van der Waals surface area contributed by atoms with Crippen molar-refractivity contribution in [2.24, 2.45) is 0 Å². The van der Waals surface area contributed by atoms with E-state index in [4.69, 9.17) is 4.74 Å². The van der Waals surface area contributed by atoms with E-state index in [1.165, 1.54) is 16.2 Å². The van der Waals surface area contributed by atoms with E-state index in [1.54, 1.807) is 35.2 Å². The van der Waals surface area contributed by atoms with Gasteiger partial charge in [0.05, 0.1) is 22.6 Å². The predicted octanol–water partition coefficient (Wildman–Crippen LogP) is 2.97. The molecule has 0 radical (unpaired) electrons. The van der Waals surface area contributed by atoms with Crippen LogP contribution >= 0.6 is 11.3 Å². The lowest BCUT2D eigenvalue weighted by molar-refractivity contribution is -0.148. The Hall–Kier alpha value is -3.00. The largest absolute Gasteiger partial charge is 0.464 e. The number of esters is 1. The van der Waals surface area contributed by atoms with Crippen LogP contribution in [0.3, 0.4) is 0 Å². The quantitative estimate of drug-likeness (QED) is 0.386. The van der Waals surface area contributed by atoms with Crippen LogP contribution in [-0.2, 0) is 9.53 Å². The Bertz CT molecular complexity index is 937. The minimum Gasteiger partial charge on any atom is -0.464 e. The molecular weight excluding hydrogens is 404 g/mol. The maximum absolute atomic E-state index is 12.6. The molecule has 1 saturated heterocycles. The maximum Gasteiger partial charge on any atom is 0.328 e. The molecule has 8 heteroatoms. The molecule has 1 fully saturated rings. The second kappa shape index (κ2) is 8.79. The molecule has 3 heterocycles. The van der Waals surface area contributed by atoms with Crippen LogP contribution < -0.4 is 0 Å². The monoisotopic (exact) mass is 426 g/mol. The lowest BCUT2D eigenvalue weighted by Crippen LogP contribution is -2.41. The first-order chi connectivity index (χ1) is 14.6. The summed E-state index contributed by atoms with van der Waals surface area (Å²) in [6.07, 6.45) is 2.45. The van der Waals surface area contributed by atoms with E-state index in [9.17, 15) is 19.2 Å². The minimum absolute atomic E-state index is 0.130. The highest BCUT2D eigenvalue weighted by atomic mass is 32.1. The Morgan fingerprint density at radius 1 is 1.03 bits per heavy atom. The number of hydrogen-bond donors (Lipinski definition) is 0. The molecule has 1 atom stereocenters. The third-order valence-electron chi connectivity index (χ3n) is 5.42. The van der Waals surface area contributed by atoms with Crippen molar-refractivity contribution in [3.05, 3.63) is 57.8 Å². The van der Waals surface area contributed by atoms with E-state index in [0.29, 0.717) is 41.8 Å². The summed E-state index contributed by atoms with van der Waals surface area (Å²) in [7, 11) is 0. The van der Waals surface area contributed by atoms with Gasteiger partial charge in [0.25, 0.3) is 17.7 Å². The number of benzene rings is 1. The van der Waals surface area contributed by atoms with Crippen molar-refractivity contribution in [1.29, 1.82) is 0 Å². The van der Waals surface area contributed by atoms with Gasteiger partial charge in [-0.15, -0.1) is 11.3 Å².